The first kappa shape index (κ1) is 11.1. The van der Waals surface area contributed by atoms with Gasteiger partial charge in [-0.25, -0.2) is 9.67 Å². The molecule has 5 heteroatoms. The van der Waals surface area contributed by atoms with Crippen LogP contribution in [0.3, 0.4) is 0 Å². The van der Waals surface area contributed by atoms with Gasteiger partial charge in [0.25, 0.3) is 0 Å². The molecule has 0 unspecified atom stereocenters. The second kappa shape index (κ2) is 3.90. The third-order valence-corrected chi connectivity index (χ3v) is 3.68. The molecule has 0 spiro atoms. The molecular formula is C11H13BrN4. The van der Waals surface area contributed by atoms with Crippen LogP contribution in [0.4, 0.5) is 5.69 Å². The van der Waals surface area contributed by atoms with Crippen molar-refractivity contribution in [3.8, 4) is 5.82 Å². The molecular weight excluding hydrogens is 268 g/mol. The van der Waals surface area contributed by atoms with Gasteiger partial charge < -0.3 is 5.73 Å². The highest BCUT2D eigenvalue weighted by atomic mass is 79.9. The minimum Gasteiger partial charge on any atom is -0.397 e. The van der Waals surface area contributed by atoms with Crippen LogP contribution in [-0.4, -0.2) is 14.8 Å². The van der Waals surface area contributed by atoms with Crippen LogP contribution in [0.25, 0.3) is 5.82 Å². The molecule has 2 N–H and O–H groups in total. The summed E-state index contributed by atoms with van der Waals surface area (Å²) in [6.07, 6.45) is 0. The van der Waals surface area contributed by atoms with Crippen molar-refractivity contribution in [3.05, 3.63) is 33.7 Å². The monoisotopic (exact) mass is 280 g/mol. The Hall–Kier alpha value is -1.36. The molecule has 84 valence electrons. The third kappa shape index (κ3) is 1.71. The summed E-state index contributed by atoms with van der Waals surface area (Å²) in [6.45, 7) is 5.84. The van der Waals surface area contributed by atoms with E-state index in [1.807, 2.05) is 37.6 Å². The molecule has 4 nitrogen and oxygen atoms in total. The van der Waals surface area contributed by atoms with Crippen LogP contribution in [-0.2, 0) is 0 Å². The Morgan fingerprint density at radius 2 is 1.88 bits per heavy atom. The maximum absolute atomic E-state index is 5.74. The zero-order valence-corrected chi connectivity index (χ0v) is 11.0. The van der Waals surface area contributed by atoms with Crippen LogP contribution < -0.4 is 5.73 Å². The van der Waals surface area contributed by atoms with E-state index in [-0.39, 0.29) is 0 Å². The van der Waals surface area contributed by atoms with Crippen molar-refractivity contribution in [2.75, 3.05) is 5.73 Å². The number of hydrogen-bond acceptors (Lipinski definition) is 3. The fraction of sp³-hybridized carbons (Fsp3) is 0.273. The lowest BCUT2D eigenvalue weighted by molar-refractivity contribution is 0.802. The standard InChI is InChI=1S/C11H13BrN4/c1-6-9(13)4-5-10(14-6)16-8(3)11(12)7(2)15-16/h4-5H,13H2,1-3H3. The predicted octanol–water partition coefficient (Wildman–Crippen LogP) is 2.54. The summed E-state index contributed by atoms with van der Waals surface area (Å²) >= 11 is 3.49. The molecule has 0 aliphatic carbocycles. The summed E-state index contributed by atoms with van der Waals surface area (Å²) in [4.78, 5) is 4.41. The van der Waals surface area contributed by atoms with Crippen molar-refractivity contribution >= 4 is 21.6 Å². The summed E-state index contributed by atoms with van der Waals surface area (Å²) in [6, 6.07) is 3.72. The summed E-state index contributed by atoms with van der Waals surface area (Å²) in [5.74, 6) is 0.790. The zero-order chi connectivity index (χ0) is 11.9. The zero-order valence-electron chi connectivity index (χ0n) is 9.45. The molecule has 16 heavy (non-hydrogen) atoms. The van der Waals surface area contributed by atoms with Gasteiger partial charge in [-0.3, -0.25) is 0 Å². The SMILES string of the molecule is Cc1nc(-n2nc(C)c(Br)c2C)ccc1N. The lowest BCUT2D eigenvalue weighted by Gasteiger charge is -2.05. The molecule has 0 aliphatic rings. The summed E-state index contributed by atoms with van der Waals surface area (Å²) in [5.41, 5.74) is 9.25. The number of hydrogen-bond donors (Lipinski definition) is 1. The van der Waals surface area contributed by atoms with Crippen LogP contribution in [0, 0.1) is 20.8 Å². The van der Waals surface area contributed by atoms with Crippen molar-refractivity contribution in [1.82, 2.24) is 14.8 Å². The smallest absolute Gasteiger partial charge is 0.154 e. The lowest BCUT2D eigenvalue weighted by Crippen LogP contribution is -2.04. The Balaban J connectivity index is 2.59. The Bertz CT molecular complexity index is 545. The van der Waals surface area contributed by atoms with E-state index in [1.165, 1.54) is 0 Å². The highest BCUT2D eigenvalue weighted by molar-refractivity contribution is 9.10. The van der Waals surface area contributed by atoms with Gasteiger partial charge in [0.15, 0.2) is 5.82 Å². The molecule has 2 heterocycles. The topological polar surface area (TPSA) is 56.7 Å². The maximum Gasteiger partial charge on any atom is 0.154 e. The van der Waals surface area contributed by atoms with Gasteiger partial charge in [0.05, 0.1) is 27.2 Å². The molecule has 0 aliphatic heterocycles. The van der Waals surface area contributed by atoms with Crippen molar-refractivity contribution in [3.63, 3.8) is 0 Å². The third-order valence-electron chi connectivity index (χ3n) is 2.53. The number of pyridine rings is 1. The van der Waals surface area contributed by atoms with Crippen molar-refractivity contribution in [2.24, 2.45) is 0 Å². The molecule has 0 bridgehead atoms. The van der Waals surface area contributed by atoms with Crippen LogP contribution in [0.1, 0.15) is 17.1 Å². The second-order valence-electron chi connectivity index (χ2n) is 3.74. The molecule has 0 fully saturated rings. The maximum atomic E-state index is 5.74. The van der Waals surface area contributed by atoms with E-state index in [0.717, 1.165) is 27.4 Å². The average Bonchev–Trinajstić information content (AvgIpc) is 2.50. The summed E-state index contributed by atoms with van der Waals surface area (Å²) < 4.78 is 2.83. The first-order valence-corrected chi connectivity index (χ1v) is 5.75. The molecule has 2 rings (SSSR count). The van der Waals surface area contributed by atoms with Gasteiger partial charge in [0, 0.05) is 0 Å². The van der Waals surface area contributed by atoms with Crippen molar-refractivity contribution in [1.29, 1.82) is 0 Å². The number of nitrogens with two attached hydrogens (primary N) is 1. The number of rotatable bonds is 1. The van der Waals surface area contributed by atoms with Gasteiger partial charge in [-0.1, -0.05) is 0 Å². The average molecular weight is 281 g/mol. The minimum absolute atomic E-state index is 0.698. The van der Waals surface area contributed by atoms with Crippen molar-refractivity contribution < 1.29 is 0 Å². The minimum atomic E-state index is 0.698. The molecule has 0 amide bonds. The number of nitrogen functional groups attached to an aromatic ring is 1. The Morgan fingerprint density at radius 1 is 1.19 bits per heavy atom. The van der Waals surface area contributed by atoms with E-state index in [0.29, 0.717) is 5.69 Å². The molecule has 0 saturated carbocycles. The van der Waals surface area contributed by atoms with Gasteiger partial charge in [0.1, 0.15) is 0 Å². The van der Waals surface area contributed by atoms with E-state index in [1.54, 1.807) is 0 Å². The number of aromatic nitrogens is 3. The molecule has 0 atom stereocenters. The molecule has 0 aromatic carbocycles. The first-order chi connectivity index (χ1) is 7.50. The summed E-state index contributed by atoms with van der Waals surface area (Å²) in [5, 5.41) is 4.42. The normalized spacial score (nSPS) is 10.8. The molecule has 0 radical (unpaired) electrons. The van der Waals surface area contributed by atoms with Gasteiger partial charge in [-0.15, -0.1) is 0 Å². The number of nitrogens with zero attached hydrogens (tertiary/aromatic N) is 3. The quantitative estimate of drug-likeness (QED) is 0.873. The largest absolute Gasteiger partial charge is 0.397 e. The Kier molecular flexibility index (Phi) is 2.71. The summed E-state index contributed by atoms with van der Waals surface area (Å²) in [7, 11) is 0. The van der Waals surface area contributed by atoms with Crippen molar-refractivity contribution in [2.45, 2.75) is 20.8 Å². The van der Waals surface area contributed by atoms with Gasteiger partial charge in [0.2, 0.25) is 0 Å². The van der Waals surface area contributed by atoms with E-state index in [4.69, 9.17) is 5.73 Å². The van der Waals surface area contributed by atoms with E-state index < -0.39 is 0 Å². The van der Waals surface area contributed by atoms with Crippen LogP contribution >= 0.6 is 15.9 Å². The molecule has 2 aromatic heterocycles. The fourth-order valence-corrected chi connectivity index (χ4v) is 1.77. The Labute approximate surface area is 103 Å². The van der Waals surface area contributed by atoms with E-state index >= 15 is 0 Å². The van der Waals surface area contributed by atoms with E-state index in [9.17, 15) is 0 Å². The fourth-order valence-electron chi connectivity index (χ4n) is 1.52. The second-order valence-corrected chi connectivity index (χ2v) is 4.53. The predicted molar refractivity (Wildman–Crippen MR) is 67.7 cm³/mol. The van der Waals surface area contributed by atoms with E-state index in [2.05, 4.69) is 26.0 Å². The molecule has 0 saturated heterocycles. The van der Waals surface area contributed by atoms with Gasteiger partial charge >= 0.3 is 0 Å². The Morgan fingerprint density at radius 3 is 2.38 bits per heavy atom. The highest BCUT2D eigenvalue weighted by Gasteiger charge is 2.11. The van der Waals surface area contributed by atoms with Crippen LogP contribution in [0.5, 0.6) is 0 Å². The first-order valence-electron chi connectivity index (χ1n) is 4.96. The molecule has 2 aromatic rings. The van der Waals surface area contributed by atoms with Gasteiger partial charge in [-0.2, -0.15) is 5.10 Å². The lowest BCUT2D eigenvalue weighted by atomic mass is 10.3. The number of anilines is 1. The number of aryl methyl sites for hydroxylation is 2. The van der Waals surface area contributed by atoms with Gasteiger partial charge in [-0.05, 0) is 48.8 Å². The highest BCUT2D eigenvalue weighted by Crippen LogP contribution is 2.22. The van der Waals surface area contributed by atoms with Crippen LogP contribution in [0.15, 0.2) is 16.6 Å². The number of halogens is 1. The van der Waals surface area contributed by atoms with Crippen LogP contribution in [0.2, 0.25) is 0 Å².